The quantitative estimate of drug-likeness (QED) is 0.471. The van der Waals surface area contributed by atoms with Crippen molar-refractivity contribution in [3.05, 3.63) is 99.4 Å². The molecule has 0 fully saturated rings. The number of nitrogens with one attached hydrogen (secondary N) is 2. The van der Waals surface area contributed by atoms with E-state index in [4.69, 9.17) is 23.2 Å². The summed E-state index contributed by atoms with van der Waals surface area (Å²) in [7, 11) is 0. The molecule has 3 amide bonds. The Morgan fingerprint density at radius 2 is 1.67 bits per heavy atom. The molecule has 166 valence electrons. The highest BCUT2D eigenvalue weighted by molar-refractivity contribution is 6.53. The number of hydrogen-bond donors (Lipinski definition) is 2. The minimum atomic E-state index is -0.686. The molecule has 3 aromatic carbocycles. The minimum Gasteiger partial charge on any atom is -0.349 e. The number of anilines is 3. The van der Waals surface area contributed by atoms with Crippen LogP contribution >= 0.6 is 23.2 Å². The van der Waals surface area contributed by atoms with Gasteiger partial charge in [0.25, 0.3) is 17.7 Å². The van der Waals surface area contributed by atoms with Crippen molar-refractivity contribution in [2.24, 2.45) is 0 Å². The van der Waals surface area contributed by atoms with Crippen LogP contribution in [0, 0.1) is 12.7 Å². The average molecular weight is 484 g/mol. The normalized spacial score (nSPS) is 13.5. The molecule has 0 aliphatic carbocycles. The lowest BCUT2D eigenvalue weighted by Gasteiger charge is -2.16. The van der Waals surface area contributed by atoms with Gasteiger partial charge in [-0.2, -0.15) is 0 Å². The molecule has 33 heavy (non-hydrogen) atoms. The van der Waals surface area contributed by atoms with E-state index in [-0.39, 0.29) is 22.0 Å². The summed E-state index contributed by atoms with van der Waals surface area (Å²) in [4.78, 5) is 39.2. The van der Waals surface area contributed by atoms with Crippen LogP contribution in [0.3, 0.4) is 0 Å². The molecule has 0 atom stereocenters. The number of benzene rings is 3. The molecule has 0 aromatic heterocycles. The fourth-order valence-electron chi connectivity index (χ4n) is 3.23. The van der Waals surface area contributed by atoms with E-state index in [9.17, 15) is 18.8 Å². The average Bonchev–Trinajstić information content (AvgIpc) is 2.99. The fourth-order valence-corrected chi connectivity index (χ4v) is 3.63. The number of halogens is 3. The maximum Gasteiger partial charge on any atom is 0.283 e. The zero-order valence-electron chi connectivity index (χ0n) is 17.2. The SMILES string of the molecule is Cc1ccc(C(=O)Nc2ccc(F)cc2)cc1NC1=C(Cl)C(=O)N(c2cccc(Cl)c2)C1=O. The number of amides is 3. The maximum atomic E-state index is 13.1. The van der Waals surface area contributed by atoms with Crippen LogP contribution in [0.1, 0.15) is 15.9 Å². The lowest BCUT2D eigenvalue weighted by atomic mass is 10.1. The molecule has 0 spiro atoms. The number of imide groups is 1. The molecule has 0 unspecified atom stereocenters. The molecule has 1 aliphatic heterocycles. The Balaban J connectivity index is 1.58. The Morgan fingerprint density at radius 1 is 0.939 bits per heavy atom. The molecule has 9 heteroatoms. The lowest BCUT2D eigenvalue weighted by molar-refractivity contribution is -0.120. The summed E-state index contributed by atoms with van der Waals surface area (Å²) in [5.74, 6) is -2.18. The second-order valence-electron chi connectivity index (χ2n) is 7.23. The van der Waals surface area contributed by atoms with Gasteiger partial charge in [0.05, 0.1) is 5.69 Å². The molecule has 0 bridgehead atoms. The molecule has 0 saturated heterocycles. The van der Waals surface area contributed by atoms with E-state index in [1.165, 1.54) is 36.4 Å². The van der Waals surface area contributed by atoms with Crippen LogP contribution in [0.5, 0.6) is 0 Å². The summed E-state index contributed by atoms with van der Waals surface area (Å²) in [6.45, 7) is 1.77. The fraction of sp³-hybridized carbons (Fsp3) is 0.0417. The standard InChI is InChI=1S/C24H16Cl2FN3O3/c1-13-5-6-14(22(31)28-17-9-7-16(27)8-10-17)11-19(13)29-21-20(26)23(32)30(24(21)33)18-4-2-3-15(25)12-18/h2-12,29H,1H3,(H,28,31). The van der Waals surface area contributed by atoms with E-state index in [2.05, 4.69) is 10.6 Å². The van der Waals surface area contributed by atoms with Gasteiger partial charge in [-0.25, -0.2) is 9.29 Å². The predicted molar refractivity (Wildman–Crippen MR) is 126 cm³/mol. The van der Waals surface area contributed by atoms with E-state index in [0.29, 0.717) is 22.0 Å². The number of carbonyl (C=O) groups excluding carboxylic acids is 3. The molecule has 3 aromatic rings. The van der Waals surface area contributed by atoms with E-state index in [0.717, 1.165) is 4.90 Å². The zero-order valence-corrected chi connectivity index (χ0v) is 18.7. The monoisotopic (exact) mass is 483 g/mol. The predicted octanol–water partition coefficient (Wildman–Crippen LogP) is 5.48. The largest absolute Gasteiger partial charge is 0.349 e. The first-order valence-electron chi connectivity index (χ1n) is 9.73. The van der Waals surface area contributed by atoms with Crippen molar-refractivity contribution in [1.29, 1.82) is 0 Å². The van der Waals surface area contributed by atoms with Crippen molar-refractivity contribution in [1.82, 2.24) is 0 Å². The number of hydrogen-bond acceptors (Lipinski definition) is 4. The molecule has 1 heterocycles. The summed E-state index contributed by atoms with van der Waals surface area (Å²) in [6.07, 6.45) is 0. The van der Waals surface area contributed by atoms with Gasteiger partial charge in [0.2, 0.25) is 0 Å². The number of aryl methyl sites for hydroxylation is 1. The summed E-state index contributed by atoms with van der Waals surface area (Å²) in [5.41, 5.74) is 2.02. The van der Waals surface area contributed by atoms with E-state index in [1.54, 1.807) is 37.3 Å². The third-order valence-electron chi connectivity index (χ3n) is 4.96. The molecule has 0 radical (unpaired) electrons. The Hall–Kier alpha value is -3.68. The zero-order chi connectivity index (χ0) is 23.7. The van der Waals surface area contributed by atoms with Gasteiger partial charge in [-0.15, -0.1) is 0 Å². The number of carbonyl (C=O) groups is 3. The molecule has 1 aliphatic rings. The minimum absolute atomic E-state index is 0.110. The van der Waals surface area contributed by atoms with Gasteiger partial charge in [-0.05, 0) is 67.1 Å². The Bertz CT molecular complexity index is 1320. The van der Waals surface area contributed by atoms with Crippen LogP contribution in [0.25, 0.3) is 0 Å². The van der Waals surface area contributed by atoms with Crippen molar-refractivity contribution in [2.75, 3.05) is 15.5 Å². The Morgan fingerprint density at radius 3 is 2.36 bits per heavy atom. The maximum absolute atomic E-state index is 13.1. The van der Waals surface area contributed by atoms with Gasteiger partial charge in [-0.1, -0.05) is 35.3 Å². The van der Waals surface area contributed by atoms with Gasteiger partial charge < -0.3 is 10.6 Å². The molecular weight excluding hydrogens is 468 g/mol. The summed E-state index contributed by atoms with van der Waals surface area (Å²) >= 11 is 12.2. The highest BCUT2D eigenvalue weighted by atomic mass is 35.5. The van der Waals surface area contributed by atoms with Gasteiger partial charge in [0, 0.05) is 22.0 Å². The second kappa shape index (κ2) is 9.05. The van der Waals surface area contributed by atoms with E-state index >= 15 is 0 Å². The van der Waals surface area contributed by atoms with Gasteiger partial charge in [0.15, 0.2) is 0 Å². The number of nitrogens with zero attached hydrogens (tertiary/aromatic N) is 1. The second-order valence-corrected chi connectivity index (χ2v) is 8.04. The first kappa shape index (κ1) is 22.5. The highest BCUT2D eigenvalue weighted by Crippen LogP contribution is 2.32. The Kier molecular flexibility index (Phi) is 6.18. The van der Waals surface area contributed by atoms with Crippen LogP contribution < -0.4 is 15.5 Å². The van der Waals surface area contributed by atoms with Gasteiger partial charge >= 0.3 is 0 Å². The van der Waals surface area contributed by atoms with Crippen molar-refractivity contribution in [3.63, 3.8) is 0 Å². The first-order valence-corrected chi connectivity index (χ1v) is 10.5. The van der Waals surface area contributed by atoms with Crippen LogP contribution in [0.2, 0.25) is 5.02 Å². The molecule has 4 rings (SSSR count). The smallest absolute Gasteiger partial charge is 0.283 e. The topological polar surface area (TPSA) is 78.5 Å². The summed E-state index contributed by atoms with van der Waals surface area (Å²) in [6, 6.07) is 16.5. The van der Waals surface area contributed by atoms with Gasteiger partial charge in [0.1, 0.15) is 16.5 Å². The van der Waals surface area contributed by atoms with E-state index < -0.39 is 23.5 Å². The van der Waals surface area contributed by atoms with Crippen molar-refractivity contribution in [2.45, 2.75) is 6.92 Å². The third kappa shape index (κ3) is 4.60. The van der Waals surface area contributed by atoms with E-state index in [1.807, 2.05) is 0 Å². The molecule has 6 nitrogen and oxygen atoms in total. The van der Waals surface area contributed by atoms with Crippen molar-refractivity contribution < 1.29 is 18.8 Å². The highest BCUT2D eigenvalue weighted by Gasteiger charge is 2.39. The molecular formula is C24H16Cl2FN3O3. The van der Waals surface area contributed by atoms with Crippen LogP contribution in [0.4, 0.5) is 21.5 Å². The number of rotatable bonds is 5. The molecule has 2 N–H and O–H groups in total. The molecule has 0 saturated carbocycles. The van der Waals surface area contributed by atoms with Crippen LogP contribution in [-0.2, 0) is 9.59 Å². The Labute approximate surface area is 198 Å². The van der Waals surface area contributed by atoms with Crippen LogP contribution in [-0.4, -0.2) is 17.7 Å². The van der Waals surface area contributed by atoms with Crippen molar-refractivity contribution >= 4 is 58.0 Å². The first-order chi connectivity index (χ1) is 15.7. The summed E-state index contributed by atoms with van der Waals surface area (Å²) in [5, 5.41) is 5.65. The lowest BCUT2D eigenvalue weighted by Crippen LogP contribution is -2.32. The third-order valence-corrected chi connectivity index (χ3v) is 5.54. The summed E-state index contributed by atoms with van der Waals surface area (Å²) < 4.78 is 13.1. The van der Waals surface area contributed by atoms with Crippen LogP contribution in [0.15, 0.2) is 77.5 Å². The van der Waals surface area contributed by atoms with Gasteiger partial charge in [-0.3, -0.25) is 14.4 Å². The van der Waals surface area contributed by atoms with Crippen molar-refractivity contribution in [3.8, 4) is 0 Å².